The number of nitrogens with two attached hydrogens (primary N) is 1. The molecule has 21 heavy (non-hydrogen) atoms. The van der Waals surface area contributed by atoms with Gasteiger partial charge in [-0.25, -0.2) is 0 Å². The molecule has 2 aliphatic heterocycles. The molecule has 0 aromatic heterocycles. The van der Waals surface area contributed by atoms with Gasteiger partial charge in [0.25, 0.3) is 5.91 Å². The van der Waals surface area contributed by atoms with E-state index >= 15 is 0 Å². The van der Waals surface area contributed by atoms with Crippen LogP contribution >= 0.6 is 0 Å². The molecule has 2 heterocycles. The number of amides is 1. The van der Waals surface area contributed by atoms with E-state index in [1.807, 2.05) is 23.1 Å². The Morgan fingerprint density at radius 1 is 1.24 bits per heavy atom. The highest BCUT2D eigenvalue weighted by atomic mass is 16.5. The minimum absolute atomic E-state index is 0.0186. The van der Waals surface area contributed by atoms with E-state index in [-0.39, 0.29) is 5.91 Å². The van der Waals surface area contributed by atoms with Gasteiger partial charge in [-0.1, -0.05) is 6.42 Å². The molecule has 1 aromatic carbocycles. The van der Waals surface area contributed by atoms with Gasteiger partial charge in [0.15, 0.2) is 6.10 Å². The van der Waals surface area contributed by atoms with Crippen LogP contribution in [0.5, 0.6) is 5.75 Å². The normalized spacial score (nSPS) is 22.8. The van der Waals surface area contributed by atoms with Gasteiger partial charge >= 0.3 is 0 Å². The summed E-state index contributed by atoms with van der Waals surface area (Å²) in [6.07, 6.45) is 3.42. The molecular weight excluding hydrogens is 266 g/mol. The number of hydrogen-bond donors (Lipinski definition) is 1. The zero-order valence-electron chi connectivity index (χ0n) is 12.5. The Morgan fingerprint density at radius 2 is 2.00 bits per heavy atom. The number of likely N-dealkylation sites (tertiary alicyclic amines) is 1. The minimum atomic E-state index is -0.428. The van der Waals surface area contributed by atoms with Crippen LogP contribution in [0.4, 0.5) is 11.4 Å². The first-order valence-corrected chi connectivity index (χ1v) is 7.75. The Labute approximate surface area is 125 Å². The molecule has 5 heteroatoms. The Balaban J connectivity index is 1.76. The predicted molar refractivity (Wildman–Crippen MR) is 83.6 cm³/mol. The zero-order valence-corrected chi connectivity index (χ0v) is 12.5. The fraction of sp³-hybridized carbons (Fsp3) is 0.562. The number of carbonyl (C=O) groups excluding carboxylic acids is 1. The molecule has 5 nitrogen and oxygen atoms in total. The second-order valence-electron chi connectivity index (χ2n) is 5.88. The van der Waals surface area contributed by atoms with E-state index in [9.17, 15) is 4.79 Å². The molecule has 2 N–H and O–H groups in total. The second kappa shape index (κ2) is 5.93. The standard InChI is InChI=1S/C16H23N3O2/c1-12-16(20)19(10-9-18-7-3-2-4-8-18)14-11-13(17)5-6-15(14)21-12/h5-6,11-12H,2-4,7-10,17H2,1H3. The Morgan fingerprint density at radius 3 is 2.76 bits per heavy atom. The van der Waals surface area contributed by atoms with E-state index < -0.39 is 6.10 Å². The SMILES string of the molecule is CC1Oc2ccc(N)cc2N(CCN2CCCCC2)C1=O. The Hall–Kier alpha value is -1.75. The van der Waals surface area contributed by atoms with Crippen molar-refractivity contribution in [2.45, 2.75) is 32.3 Å². The monoisotopic (exact) mass is 289 g/mol. The van der Waals surface area contributed by atoms with Crippen LogP contribution in [0, 0.1) is 0 Å². The molecule has 3 rings (SSSR count). The molecular formula is C16H23N3O2. The van der Waals surface area contributed by atoms with Gasteiger partial charge in [-0.15, -0.1) is 0 Å². The summed E-state index contributed by atoms with van der Waals surface area (Å²) >= 11 is 0. The van der Waals surface area contributed by atoms with Crippen molar-refractivity contribution < 1.29 is 9.53 Å². The number of hydrogen-bond acceptors (Lipinski definition) is 4. The molecule has 1 fully saturated rings. The van der Waals surface area contributed by atoms with Crippen molar-refractivity contribution in [3.05, 3.63) is 18.2 Å². The van der Waals surface area contributed by atoms with Crippen molar-refractivity contribution in [2.75, 3.05) is 36.8 Å². The van der Waals surface area contributed by atoms with Crippen molar-refractivity contribution in [1.29, 1.82) is 0 Å². The number of anilines is 2. The number of benzene rings is 1. The van der Waals surface area contributed by atoms with E-state index in [1.165, 1.54) is 19.3 Å². The van der Waals surface area contributed by atoms with Crippen LogP contribution in [-0.4, -0.2) is 43.1 Å². The lowest BCUT2D eigenvalue weighted by Gasteiger charge is -2.35. The van der Waals surface area contributed by atoms with Crippen LogP contribution in [0.2, 0.25) is 0 Å². The fourth-order valence-electron chi connectivity index (χ4n) is 3.08. The van der Waals surface area contributed by atoms with E-state index in [0.29, 0.717) is 12.2 Å². The molecule has 0 aliphatic carbocycles. The quantitative estimate of drug-likeness (QED) is 0.863. The van der Waals surface area contributed by atoms with Crippen LogP contribution in [0.15, 0.2) is 18.2 Å². The van der Waals surface area contributed by atoms with Gasteiger partial charge in [-0.2, -0.15) is 0 Å². The number of nitrogen functional groups attached to an aromatic ring is 1. The highest BCUT2D eigenvalue weighted by Gasteiger charge is 2.31. The number of nitrogens with zero attached hydrogens (tertiary/aromatic N) is 2. The summed E-state index contributed by atoms with van der Waals surface area (Å²) in [7, 11) is 0. The van der Waals surface area contributed by atoms with E-state index in [2.05, 4.69) is 4.90 Å². The van der Waals surface area contributed by atoms with Crippen LogP contribution in [-0.2, 0) is 4.79 Å². The second-order valence-corrected chi connectivity index (χ2v) is 5.88. The summed E-state index contributed by atoms with van der Waals surface area (Å²) in [5, 5.41) is 0. The number of carbonyl (C=O) groups is 1. The maximum Gasteiger partial charge on any atom is 0.267 e. The molecule has 2 aliphatic rings. The van der Waals surface area contributed by atoms with Crippen LogP contribution in [0.25, 0.3) is 0 Å². The summed E-state index contributed by atoms with van der Waals surface area (Å²) in [5.74, 6) is 0.764. The van der Waals surface area contributed by atoms with Gasteiger partial charge in [-0.3, -0.25) is 4.79 Å². The Kier molecular flexibility index (Phi) is 4.01. The summed E-state index contributed by atoms with van der Waals surface area (Å²) in [4.78, 5) is 16.7. The lowest BCUT2D eigenvalue weighted by Crippen LogP contribution is -2.48. The van der Waals surface area contributed by atoms with Crippen molar-refractivity contribution in [3.63, 3.8) is 0 Å². The number of rotatable bonds is 3. The lowest BCUT2D eigenvalue weighted by molar-refractivity contribution is -0.125. The predicted octanol–water partition coefficient (Wildman–Crippen LogP) is 1.87. The molecule has 114 valence electrons. The fourth-order valence-corrected chi connectivity index (χ4v) is 3.08. The topological polar surface area (TPSA) is 58.8 Å². The summed E-state index contributed by atoms with van der Waals surface area (Å²) in [6, 6.07) is 5.49. The smallest absolute Gasteiger partial charge is 0.267 e. The van der Waals surface area contributed by atoms with Gasteiger partial charge in [0.1, 0.15) is 5.75 Å². The molecule has 0 spiro atoms. The largest absolute Gasteiger partial charge is 0.479 e. The third kappa shape index (κ3) is 2.97. The third-order valence-electron chi connectivity index (χ3n) is 4.28. The lowest BCUT2D eigenvalue weighted by atomic mass is 10.1. The van der Waals surface area contributed by atoms with Gasteiger partial charge in [0.2, 0.25) is 0 Å². The van der Waals surface area contributed by atoms with Gasteiger partial charge < -0.3 is 20.3 Å². The molecule has 1 unspecified atom stereocenters. The molecule has 0 bridgehead atoms. The molecule has 0 saturated carbocycles. The Bertz CT molecular complexity index is 526. The zero-order chi connectivity index (χ0) is 14.8. The molecule has 1 amide bonds. The summed E-state index contributed by atoms with van der Waals surface area (Å²) < 4.78 is 5.66. The van der Waals surface area contributed by atoms with E-state index in [1.54, 1.807) is 6.92 Å². The van der Waals surface area contributed by atoms with Crippen molar-refractivity contribution >= 4 is 17.3 Å². The first-order valence-electron chi connectivity index (χ1n) is 7.75. The molecule has 1 aromatic rings. The van der Waals surface area contributed by atoms with Crippen LogP contribution in [0.3, 0.4) is 0 Å². The van der Waals surface area contributed by atoms with Gasteiger partial charge in [0, 0.05) is 18.8 Å². The van der Waals surface area contributed by atoms with Crippen LogP contribution in [0.1, 0.15) is 26.2 Å². The van der Waals surface area contributed by atoms with Gasteiger partial charge in [-0.05, 0) is 51.1 Å². The molecule has 0 radical (unpaired) electrons. The third-order valence-corrected chi connectivity index (χ3v) is 4.28. The van der Waals surface area contributed by atoms with E-state index in [0.717, 1.165) is 31.1 Å². The number of fused-ring (bicyclic) bond motifs is 1. The number of ether oxygens (including phenoxy) is 1. The van der Waals surface area contributed by atoms with Crippen LogP contribution < -0.4 is 15.4 Å². The molecule has 1 saturated heterocycles. The van der Waals surface area contributed by atoms with E-state index in [4.69, 9.17) is 10.5 Å². The van der Waals surface area contributed by atoms with Crippen molar-refractivity contribution in [3.8, 4) is 5.75 Å². The average molecular weight is 289 g/mol. The highest BCUT2D eigenvalue weighted by Crippen LogP contribution is 2.35. The van der Waals surface area contributed by atoms with Crippen molar-refractivity contribution in [1.82, 2.24) is 4.90 Å². The molecule has 1 atom stereocenters. The van der Waals surface area contributed by atoms with Crippen molar-refractivity contribution in [2.24, 2.45) is 0 Å². The van der Waals surface area contributed by atoms with Gasteiger partial charge in [0.05, 0.1) is 5.69 Å². The summed E-state index contributed by atoms with van der Waals surface area (Å²) in [5.41, 5.74) is 7.32. The maximum absolute atomic E-state index is 12.4. The summed E-state index contributed by atoms with van der Waals surface area (Å²) in [6.45, 7) is 5.68. The average Bonchev–Trinajstić information content (AvgIpc) is 2.49. The highest BCUT2D eigenvalue weighted by molar-refractivity contribution is 6.00. The number of piperidine rings is 1. The first kappa shape index (κ1) is 14.2. The first-order chi connectivity index (χ1) is 10.1. The minimum Gasteiger partial charge on any atom is -0.479 e. The maximum atomic E-state index is 12.4.